The average molecular weight is 232 g/mol. The van der Waals surface area contributed by atoms with E-state index < -0.39 is 5.97 Å². The zero-order valence-electron chi connectivity index (χ0n) is 9.33. The number of benzene rings is 1. The van der Waals surface area contributed by atoms with Crippen molar-refractivity contribution < 1.29 is 14.6 Å². The molecule has 88 valence electrons. The van der Waals surface area contributed by atoms with Crippen LogP contribution in [0.25, 0.3) is 0 Å². The summed E-state index contributed by atoms with van der Waals surface area (Å²) in [6, 6.07) is 9.04. The van der Waals surface area contributed by atoms with E-state index in [1.807, 2.05) is 31.2 Å². The lowest BCUT2D eigenvalue weighted by atomic mass is 10.2. The Balaban J connectivity index is 1.97. The summed E-state index contributed by atoms with van der Waals surface area (Å²) in [7, 11) is 0. The number of carboxylic acid groups (broad SMARTS) is 1. The van der Waals surface area contributed by atoms with Crippen molar-refractivity contribution in [3.8, 4) is 5.75 Å². The van der Waals surface area contributed by atoms with Crippen LogP contribution in [-0.4, -0.2) is 20.9 Å². The van der Waals surface area contributed by atoms with Gasteiger partial charge in [0, 0.05) is 6.20 Å². The van der Waals surface area contributed by atoms with Gasteiger partial charge in [-0.2, -0.15) is 5.10 Å². The van der Waals surface area contributed by atoms with Crippen LogP contribution < -0.4 is 4.74 Å². The van der Waals surface area contributed by atoms with Crippen LogP contribution in [0.15, 0.2) is 36.5 Å². The van der Waals surface area contributed by atoms with Crippen molar-refractivity contribution in [2.24, 2.45) is 0 Å². The normalized spacial score (nSPS) is 10.2. The predicted molar refractivity (Wildman–Crippen MR) is 61.0 cm³/mol. The average Bonchev–Trinajstić information content (AvgIpc) is 2.77. The third-order valence-electron chi connectivity index (χ3n) is 2.24. The van der Waals surface area contributed by atoms with E-state index in [9.17, 15) is 4.79 Å². The molecule has 2 rings (SSSR count). The highest BCUT2D eigenvalue weighted by atomic mass is 16.5. The van der Waals surface area contributed by atoms with Gasteiger partial charge in [-0.3, -0.25) is 0 Å². The van der Waals surface area contributed by atoms with Crippen molar-refractivity contribution in [1.82, 2.24) is 9.78 Å². The summed E-state index contributed by atoms with van der Waals surface area (Å²) in [5.41, 5.74) is 1.17. The highest BCUT2D eigenvalue weighted by Gasteiger charge is 2.06. The fourth-order valence-corrected chi connectivity index (χ4v) is 1.32. The number of ether oxygens (including phenoxy) is 1. The molecule has 0 aliphatic carbocycles. The first kappa shape index (κ1) is 11.2. The number of carboxylic acids is 1. The standard InChI is InChI=1S/C12H12N2O3/c1-9-2-4-10(5-3-9)17-8-14-7-6-11(13-14)12(15)16/h2-7H,8H2,1H3,(H,15,16). The molecule has 0 aliphatic rings. The molecule has 0 bridgehead atoms. The molecule has 17 heavy (non-hydrogen) atoms. The van der Waals surface area contributed by atoms with Crippen molar-refractivity contribution >= 4 is 5.97 Å². The largest absolute Gasteiger partial charge is 0.476 e. The van der Waals surface area contributed by atoms with Gasteiger partial charge in [0.15, 0.2) is 12.4 Å². The van der Waals surface area contributed by atoms with Gasteiger partial charge in [-0.15, -0.1) is 0 Å². The zero-order chi connectivity index (χ0) is 12.3. The second-order valence-corrected chi connectivity index (χ2v) is 3.63. The van der Waals surface area contributed by atoms with Crippen LogP contribution in [0, 0.1) is 6.92 Å². The van der Waals surface area contributed by atoms with E-state index in [0.29, 0.717) is 0 Å². The maximum absolute atomic E-state index is 10.6. The molecule has 0 amide bonds. The van der Waals surface area contributed by atoms with Gasteiger partial charge in [0.25, 0.3) is 0 Å². The van der Waals surface area contributed by atoms with E-state index in [1.54, 1.807) is 6.20 Å². The molecule has 0 atom stereocenters. The Morgan fingerprint density at radius 1 is 1.35 bits per heavy atom. The Hall–Kier alpha value is -2.30. The molecule has 1 aromatic carbocycles. The number of aromatic nitrogens is 2. The molecule has 1 aromatic heterocycles. The molecule has 5 heteroatoms. The number of aryl methyl sites for hydroxylation is 1. The number of aromatic carboxylic acids is 1. The predicted octanol–water partition coefficient (Wildman–Crippen LogP) is 1.93. The molecular weight excluding hydrogens is 220 g/mol. The molecule has 0 saturated heterocycles. The van der Waals surface area contributed by atoms with Crippen molar-refractivity contribution in [2.45, 2.75) is 13.7 Å². The fourth-order valence-electron chi connectivity index (χ4n) is 1.32. The Kier molecular flexibility index (Phi) is 3.09. The number of hydrogen-bond donors (Lipinski definition) is 1. The zero-order valence-corrected chi connectivity index (χ0v) is 9.33. The van der Waals surface area contributed by atoms with Crippen LogP contribution in [0.1, 0.15) is 16.1 Å². The summed E-state index contributed by atoms with van der Waals surface area (Å²) in [6.45, 7) is 2.19. The summed E-state index contributed by atoms with van der Waals surface area (Å²) < 4.78 is 6.88. The van der Waals surface area contributed by atoms with Crippen LogP contribution in [0.4, 0.5) is 0 Å². The molecule has 0 aliphatic heterocycles. The highest BCUT2D eigenvalue weighted by Crippen LogP contribution is 2.11. The van der Waals surface area contributed by atoms with Gasteiger partial charge in [0.2, 0.25) is 0 Å². The maximum atomic E-state index is 10.6. The number of carbonyl (C=O) groups is 1. The van der Waals surface area contributed by atoms with Gasteiger partial charge in [0.05, 0.1) is 0 Å². The van der Waals surface area contributed by atoms with E-state index in [4.69, 9.17) is 9.84 Å². The van der Waals surface area contributed by atoms with Gasteiger partial charge in [0.1, 0.15) is 5.75 Å². The van der Waals surface area contributed by atoms with Gasteiger partial charge >= 0.3 is 5.97 Å². The SMILES string of the molecule is Cc1ccc(OCn2ccc(C(=O)O)n2)cc1. The Morgan fingerprint density at radius 3 is 2.65 bits per heavy atom. The monoisotopic (exact) mass is 232 g/mol. The lowest BCUT2D eigenvalue weighted by Gasteiger charge is -2.05. The third-order valence-corrected chi connectivity index (χ3v) is 2.24. The topological polar surface area (TPSA) is 64.3 Å². The Morgan fingerprint density at radius 2 is 2.06 bits per heavy atom. The fraction of sp³-hybridized carbons (Fsp3) is 0.167. The van der Waals surface area contributed by atoms with E-state index in [0.717, 1.165) is 11.3 Å². The van der Waals surface area contributed by atoms with E-state index in [-0.39, 0.29) is 12.4 Å². The van der Waals surface area contributed by atoms with Crippen molar-refractivity contribution in [3.63, 3.8) is 0 Å². The molecule has 2 aromatic rings. The van der Waals surface area contributed by atoms with Crippen LogP contribution in [-0.2, 0) is 6.73 Å². The second-order valence-electron chi connectivity index (χ2n) is 3.63. The van der Waals surface area contributed by atoms with E-state index in [1.165, 1.54) is 10.7 Å². The molecule has 0 radical (unpaired) electrons. The molecule has 0 saturated carbocycles. The van der Waals surface area contributed by atoms with Gasteiger partial charge in [-0.25, -0.2) is 9.48 Å². The van der Waals surface area contributed by atoms with Crippen LogP contribution in [0.5, 0.6) is 5.75 Å². The number of hydrogen-bond acceptors (Lipinski definition) is 3. The highest BCUT2D eigenvalue weighted by molar-refractivity contribution is 5.84. The first-order valence-electron chi connectivity index (χ1n) is 5.11. The minimum absolute atomic E-state index is 0.0116. The van der Waals surface area contributed by atoms with Crippen LogP contribution >= 0.6 is 0 Å². The summed E-state index contributed by atoms with van der Waals surface area (Å²) in [4.78, 5) is 10.6. The van der Waals surface area contributed by atoms with Crippen molar-refractivity contribution in [1.29, 1.82) is 0 Å². The first-order valence-corrected chi connectivity index (χ1v) is 5.11. The number of nitrogens with zero attached hydrogens (tertiary/aromatic N) is 2. The summed E-state index contributed by atoms with van der Waals surface area (Å²) in [6.07, 6.45) is 1.57. The maximum Gasteiger partial charge on any atom is 0.356 e. The summed E-state index contributed by atoms with van der Waals surface area (Å²) in [5.74, 6) is -0.318. The molecule has 0 unspecified atom stereocenters. The first-order chi connectivity index (χ1) is 8.15. The smallest absolute Gasteiger partial charge is 0.356 e. The van der Waals surface area contributed by atoms with Crippen molar-refractivity contribution in [3.05, 3.63) is 47.8 Å². The van der Waals surface area contributed by atoms with Crippen molar-refractivity contribution in [2.75, 3.05) is 0 Å². The van der Waals surface area contributed by atoms with Crippen LogP contribution in [0.2, 0.25) is 0 Å². The summed E-state index contributed by atoms with van der Waals surface area (Å²) >= 11 is 0. The quantitative estimate of drug-likeness (QED) is 0.874. The minimum Gasteiger partial charge on any atom is -0.476 e. The van der Waals surface area contributed by atoms with E-state index >= 15 is 0 Å². The molecular formula is C12H12N2O3. The molecule has 0 spiro atoms. The molecule has 0 fully saturated rings. The molecule has 1 N–H and O–H groups in total. The Labute approximate surface area is 98.3 Å². The van der Waals surface area contributed by atoms with Crippen LogP contribution in [0.3, 0.4) is 0 Å². The Bertz CT molecular complexity index is 517. The van der Waals surface area contributed by atoms with Gasteiger partial charge < -0.3 is 9.84 Å². The minimum atomic E-state index is -1.04. The summed E-state index contributed by atoms with van der Waals surface area (Å²) in [5, 5.41) is 12.5. The number of rotatable bonds is 4. The van der Waals surface area contributed by atoms with Gasteiger partial charge in [-0.05, 0) is 25.1 Å². The second kappa shape index (κ2) is 4.69. The van der Waals surface area contributed by atoms with E-state index in [2.05, 4.69) is 5.10 Å². The lowest BCUT2D eigenvalue weighted by Crippen LogP contribution is -2.07. The third kappa shape index (κ3) is 2.84. The lowest BCUT2D eigenvalue weighted by molar-refractivity contribution is 0.0688. The van der Waals surface area contributed by atoms with Gasteiger partial charge in [-0.1, -0.05) is 17.7 Å². The molecule has 5 nitrogen and oxygen atoms in total. The molecule has 1 heterocycles.